The van der Waals surface area contributed by atoms with Gasteiger partial charge in [-0.15, -0.1) is 0 Å². The SMILES string of the molecule is COc1c(C(C)C)ccc(C)c1CC(C)C(=O)O. The standard InChI is InChI=1S/C15H22O3/c1-9(2)12-7-6-10(3)13(14(12)18-5)8-11(4)15(16)17/h6-7,9,11H,8H2,1-5H3,(H,16,17). The van der Waals surface area contributed by atoms with Gasteiger partial charge >= 0.3 is 5.97 Å². The highest BCUT2D eigenvalue weighted by Gasteiger charge is 2.19. The van der Waals surface area contributed by atoms with Crippen molar-refractivity contribution < 1.29 is 14.6 Å². The Hall–Kier alpha value is -1.51. The van der Waals surface area contributed by atoms with E-state index in [1.165, 1.54) is 0 Å². The van der Waals surface area contributed by atoms with Crippen molar-refractivity contribution in [3.8, 4) is 5.75 Å². The molecule has 3 heteroatoms. The van der Waals surface area contributed by atoms with E-state index in [9.17, 15) is 4.79 Å². The number of carbonyl (C=O) groups is 1. The molecule has 18 heavy (non-hydrogen) atoms. The minimum absolute atomic E-state index is 0.361. The maximum absolute atomic E-state index is 11.0. The first-order chi connectivity index (χ1) is 8.38. The molecule has 0 spiro atoms. The van der Waals surface area contributed by atoms with E-state index in [4.69, 9.17) is 9.84 Å². The summed E-state index contributed by atoms with van der Waals surface area (Å²) < 4.78 is 5.51. The Morgan fingerprint density at radius 2 is 1.94 bits per heavy atom. The molecule has 1 aromatic carbocycles. The largest absolute Gasteiger partial charge is 0.496 e. The van der Waals surface area contributed by atoms with Crippen molar-refractivity contribution >= 4 is 5.97 Å². The van der Waals surface area contributed by atoms with E-state index < -0.39 is 11.9 Å². The van der Waals surface area contributed by atoms with Crippen LogP contribution in [0, 0.1) is 12.8 Å². The Labute approximate surface area is 109 Å². The van der Waals surface area contributed by atoms with Gasteiger partial charge in [-0.1, -0.05) is 32.9 Å². The maximum Gasteiger partial charge on any atom is 0.306 e. The Bertz CT molecular complexity index is 436. The van der Waals surface area contributed by atoms with E-state index >= 15 is 0 Å². The van der Waals surface area contributed by atoms with Gasteiger partial charge in [0.25, 0.3) is 0 Å². The highest BCUT2D eigenvalue weighted by molar-refractivity contribution is 5.70. The Balaban J connectivity index is 3.23. The summed E-state index contributed by atoms with van der Waals surface area (Å²) in [6, 6.07) is 4.11. The van der Waals surface area contributed by atoms with Crippen LogP contribution >= 0.6 is 0 Å². The van der Waals surface area contributed by atoms with Gasteiger partial charge < -0.3 is 9.84 Å². The first kappa shape index (κ1) is 14.6. The Morgan fingerprint density at radius 3 is 2.39 bits per heavy atom. The maximum atomic E-state index is 11.0. The van der Waals surface area contributed by atoms with Crippen LogP contribution in [0.2, 0.25) is 0 Å². The van der Waals surface area contributed by atoms with Crippen molar-refractivity contribution in [3.05, 3.63) is 28.8 Å². The number of hydrogen-bond acceptors (Lipinski definition) is 2. The van der Waals surface area contributed by atoms with E-state index in [-0.39, 0.29) is 0 Å². The third-order valence-corrected chi connectivity index (χ3v) is 3.28. The molecule has 0 radical (unpaired) electrons. The highest BCUT2D eigenvalue weighted by Crippen LogP contribution is 2.33. The molecule has 0 aliphatic carbocycles. The Kier molecular flexibility index (Phi) is 4.76. The number of ether oxygens (including phenoxy) is 1. The zero-order valence-electron chi connectivity index (χ0n) is 11.8. The van der Waals surface area contributed by atoms with Crippen LogP contribution in [0.1, 0.15) is 43.4 Å². The first-order valence-corrected chi connectivity index (χ1v) is 6.27. The smallest absolute Gasteiger partial charge is 0.306 e. The molecule has 0 bridgehead atoms. The van der Waals surface area contributed by atoms with Crippen LogP contribution in [0.3, 0.4) is 0 Å². The molecule has 1 atom stereocenters. The fraction of sp³-hybridized carbons (Fsp3) is 0.533. The van der Waals surface area contributed by atoms with E-state index in [0.29, 0.717) is 12.3 Å². The van der Waals surface area contributed by atoms with Crippen LogP contribution in [0.15, 0.2) is 12.1 Å². The van der Waals surface area contributed by atoms with Crippen LogP contribution in [0.5, 0.6) is 5.75 Å². The molecule has 0 heterocycles. The van der Waals surface area contributed by atoms with Crippen LogP contribution in [0.25, 0.3) is 0 Å². The zero-order chi connectivity index (χ0) is 13.9. The molecule has 0 aromatic heterocycles. The minimum atomic E-state index is -0.772. The van der Waals surface area contributed by atoms with Crippen molar-refractivity contribution in [1.29, 1.82) is 0 Å². The van der Waals surface area contributed by atoms with Crippen molar-refractivity contribution in [2.24, 2.45) is 5.92 Å². The molecule has 0 aliphatic heterocycles. The van der Waals surface area contributed by atoms with Crippen LogP contribution in [-0.4, -0.2) is 18.2 Å². The summed E-state index contributed by atoms with van der Waals surface area (Å²) in [4.78, 5) is 11.0. The van der Waals surface area contributed by atoms with Gasteiger partial charge in [0.05, 0.1) is 13.0 Å². The molecule has 0 aliphatic rings. The summed E-state index contributed by atoms with van der Waals surface area (Å²) in [6.07, 6.45) is 0.505. The van der Waals surface area contributed by atoms with Gasteiger partial charge in [-0.2, -0.15) is 0 Å². The Morgan fingerprint density at radius 1 is 1.33 bits per heavy atom. The second kappa shape index (κ2) is 5.89. The van der Waals surface area contributed by atoms with E-state index in [0.717, 1.165) is 22.4 Å². The second-order valence-electron chi connectivity index (χ2n) is 5.08. The topological polar surface area (TPSA) is 46.5 Å². The summed E-state index contributed by atoms with van der Waals surface area (Å²) in [5.74, 6) is 0.0314. The molecule has 3 nitrogen and oxygen atoms in total. The number of aryl methyl sites for hydroxylation is 1. The van der Waals surface area contributed by atoms with Crippen molar-refractivity contribution in [3.63, 3.8) is 0 Å². The lowest BCUT2D eigenvalue weighted by Gasteiger charge is -2.19. The lowest BCUT2D eigenvalue weighted by Crippen LogP contribution is -2.14. The monoisotopic (exact) mass is 250 g/mol. The van der Waals surface area contributed by atoms with Crippen LogP contribution in [-0.2, 0) is 11.2 Å². The fourth-order valence-electron chi connectivity index (χ4n) is 2.09. The molecule has 0 saturated heterocycles. The lowest BCUT2D eigenvalue weighted by molar-refractivity contribution is -0.141. The summed E-state index contributed by atoms with van der Waals surface area (Å²) >= 11 is 0. The number of rotatable bonds is 5. The van der Waals surface area contributed by atoms with Crippen molar-refractivity contribution in [2.45, 2.75) is 40.0 Å². The molecule has 1 unspecified atom stereocenters. The summed E-state index contributed by atoms with van der Waals surface area (Å²) in [7, 11) is 1.65. The zero-order valence-corrected chi connectivity index (χ0v) is 11.8. The number of hydrogen-bond donors (Lipinski definition) is 1. The average molecular weight is 250 g/mol. The lowest BCUT2D eigenvalue weighted by atomic mass is 9.91. The predicted molar refractivity (Wildman–Crippen MR) is 72.3 cm³/mol. The third-order valence-electron chi connectivity index (χ3n) is 3.28. The molecule has 1 aromatic rings. The minimum Gasteiger partial charge on any atom is -0.496 e. The van der Waals surface area contributed by atoms with E-state index in [2.05, 4.69) is 19.9 Å². The van der Waals surface area contributed by atoms with Gasteiger partial charge in [0.2, 0.25) is 0 Å². The normalized spacial score (nSPS) is 12.6. The van der Waals surface area contributed by atoms with Gasteiger partial charge in [-0.3, -0.25) is 4.79 Å². The van der Waals surface area contributed by atoms with Gasteiger partial charge in [-0.05, 0) is 36.0 Å². The molecule has 0 saturated carbocycles. The van der Waals surface area contributed by atoms with Crippen LogP contribution < -0.4 is 4.74 Å². The van der Waals surface area contributed by atoms with Gasteiger partial charge in [0, 0.05) is 0 Å². The van der Waals surface area contributed by atoms with Gasteiger partial charge in [0.1, 0.15) is 5.75 Å². The molecule has 100 valence electrons. The van der Waals surface area contributed by atoms with Gasteiger partial charge in [0.15, 0.2) is 0 Å². The molecule has 1 N–H and O–H groups in total. The van der Waals surface area contributed by atoms with E-state index in [1.54, 1.807) is 14.0 Å². The quantitative estimate of drug-likeness (QED) is 0.871. The number of carboxylic acid groups (broad SMARTS) is 1. The number of benzene rings is 1. The number of carboxylic acids is 1. The molecular weight excluding hydrogens is 228 g/mol. The summed E-state index contributed by atoms with van der Waals surface area (Å²) in [6.45, 7) is 7.94. The molecule has 0 amide bonds. The highest BCUT2D eigenvalue weighted by atomic mass is 16.5. The van der Waals surface area contributed by atoms with E-state index in [1.807, 2.05) is 13.0 Å². The van der Waals surface area contributed by atoms with Crippen molar-refractivity contribution in [1.82, 2.24) is 0 Å². The molecule has 0 fully saturated rings. The third kappa shape index (κ3) is 3.03. The predicted octanol–water partition coefficient (Wildman–Crippen LogP) is 3.39. The summed E-state index contributed by atoms with van der Waals surface area (Å²) in [5.41, 5.74) is 3.23. The van der Waals surface area contributed by atoms with Gasteiger partial charge in [-0.25, -0.2) is 0 Å². The first-order valence-electron chi connectivity index (χ1n) is 6.27. The second-order valence-corrected chi connectivity index (χ2v) is 5.08. The molecular formula is C15H22O3. The molecule has 1 rings (SSSR count). The number of methoxy groups -OCH3 is 1. The average Bonchev–Trinajstić information content (AvgIpc) is 2.30. The fourth-order valence-corrected chi connectivity index (χ4v) is 2.09. The van der Waals surface area contributed by atoms with Crippen LogP contribution in [0.4, 0.5) is 0 Å². The number of aliphatic carboxylic acids is 1. The summed E-state index contributed by atoms with van der Waals surface area (Å²) in [5, 5.41) is 9.04. The van der Waals surface area contributed by atoms with Crippen molar-refractivity contribution in [2.75, 3.05) is 7.11 Å².